The second kappa shape index (κ2) is 9.67. The highest BCUT2D eigenvalue weighted by Crippen LogP contribution is 2.18. The molecule has 0 saturated carbocycles. The van der Waals surface area contributed by atoms with Crippen molar-refractivity contribution in [2.45, 2.75) is 19.6 Å². The summed E-state index contributed by atoms with van der Waals surface area (Å²) in [6.07, 6.45) is 0.456. The van der Waals surface area contributed by atoms with Crippen LogP contribution in [0.25, 0.3) is 0 Å². The number of halogens is 3. The molecule has 1 N–H and O–H groups in total. The molecule has 1 aliphatic heterocycles. The standard InChI is InChI=1S/C19H24F3N7O2/c1-3-23-18(25-9-14-4-5-16(24-8-14)31-13-19(20,21)22)28-6-7-29(17(30)12-28)15-10-26-27(2)11-15/h4-5,8,10-11H,3,6-7,9,12-13H2,1-2H3,(H,23,25). The molecule has 0 unspecified atom stereocenters. The number of hydrogen-bond donors (Lipinski definition) is 1. The number of aliphatic imine (C=N–C) groups is 1. The van der Waals surface area contributed by atoms with E-state index in [4.69, 9.17) is 0 Å². The number of guanidine groups is 1. The van der Waals surface area contributed by atoms with Crippen molar-refractivity contribution >= 4 is 17.6 Å². The molecule has 0 aromatic carbocycles. The largest absolute Gasteiger partial charge is 0.468 e. The Kier molecular flexibility index (Phi) is 6.98. The van der Waals surface area contributed by atoms with Crippen LogP contribution in [0.4, 0.5) is 18.9 Å². The lowest BCUT2D eigenvalue weighted by molar-refractivity contribution is -0.154. The quantitative estimate of drug-likeness (QED) is 0.543. The molecule has 0 bridgehead atoms. The second-order valence-electron chi connectivity index (χ2n) is 6.92. The van der Waals surface area contributed by atoms with Crippen LogP contribution in [-0.2, 0) is 18.4 Å². The van der Waals surface area contributed by atoms with Crippen molar-refractivity contribution in [2.75, 3.05) is 37.7 Å². The maximum Gasteiger partial charge on any atom is 0.422 e. The Morgan fingerprint density at radius 1 is 1.29 bits per heavy atom. The summed E-state index contributed by atoms with van der Waals surface area (Å²) in [5, 5.41) is 7.27. The summed E-state index contributed by atoms with van der Waals surface area (Å²) >= 11 is 0. The first-order chi connectivity index (χ1) is 14.7. The van der Waals surface area contributed by atoms with Crippen LogP contribution in [0.2, 0.25) is 0 Å². The van der Waals surface area contributed by atoms with Crippen LogP contribution >= 0.6 is 0 Å². The minimum absolute atomic E-state index is 0.0577. The van der Waals surface area contributed by atoms with E-state index in [2.05, 4.69) is 25.1 Å². The summed E-state index contributed by atoms with van der Waals surface area (Å²) < 4.78 is 42.9. The fraction of sp³-hybridized carbons (Fsp3) is 0.474. The number of rotatable bonds is 6. The highest BCUT2D eigenvalue weighted by molar-refractivity contribution is 5.98. The molecule has 3 heterocycles. The number of anilines is 1. The summed E-state index contributed by atoms with van der Waals surface area (Å²) in [6, 6.07) is 2.98. The number of alkyl halides is 3. The molecule has 12 heteroatoms. The predicted molar refractivity (Wildman–Crippen MR) is 108 cm³/mol. The van der Waals surface area contributed by atoms with E-state index in [0.717, 1.165) is 5.69 Å². The van der Waals surface area contributed by atoms with Gasteiger partial charge in [-0.15, -0.1) is 0 Å². The Morgan fingerprint density at radius 3 is 2.68 bits per heavy atom. The lowest BCUT2D eigenvalue weighted by Crippen LogP contribution is -2.55. The SMILES string of the molecule is CCNC(=NCc1ccc(OCC(F)(F)F)nc1)N1CCN(c2cnn(C)c2)C(=O)C1. The summed E-state index contributed by atoms with van der Waals surface area (Å²) in [4.78, 5) is 24.6. The van der Waals surface area contributed by atoms with Gasteiger partial charge in [0.15, 0.2) is 12.6 Å². The van der Waals surface area contributed by atoms with E-state index in [1.807, 2.05) is 11.8 Å². The van der Waals surface area contributed by atoms with Crippen LogP contribution < -0.4 is 15.0 Å². The molecule has 1 amide bonds. The lowest BCUT2D eigenvalue weighted by Gasteiger charge is -2.35. The summed E-state index contributed by atoms with van der Waals surface area (Å²) in [5.74, 6) is 0.422. The molecule has 0 atom stereocenters. The zero-order valence-electron chi connectivity index (χ0n) is 17.3. The van der Waals surface area contributed by atoms with Crippen molar-refractivity contribution in [1.82, 2.24) is 25.0 Å². The molecule has 168 valence electrons. The molecular weight excluding hydrogens is 415 g/mol. The van der Waals surface area contributed by atoms with Gasteiger partial charge in [0.1, 0.15) is 6.54 Å². The van der Waals surface area contributed by atoms with Crippen LogP contribution in [0.3, 0.4) is 0 Å². The van der Waals surface area contributed by atoms with E-state index in [-0.39, 0.29) is 24.9 Å². The van der Waals surface area contributed by atoms with Crippen molar-refractivity contribution in [1.29, 1.82) is 0 Å². The minimum atomic E-state index is -4.41. The van der Waals surface area contributed by atoms with Gasteiger partial charge in [-0.25, -0.2) is 9.98 Å². The van der Waals surface area contributed by atoms with Gasteiger partial charge in [0.25, 0.3) is 0 Å². The van der Waals surface area contributed by atoms with Gasteiger partial charge in [-0.05, 0) is 12.5 Å². The smallest absolute Gasteiger partial charge is 0.422 e. The van der Waals surface area contributed by atoms with Crippen molar-refractivity contribution in [3.63, 3.8) is 0 Å². The molecule has 1 fully saturated rings. The highest BCUT2D eigenvalue weighted by atomic mass is 19.4. The van der Waals surface area contributed by atoms with Crippen LogP contribution in [0, 0.1) is 0 Å². The summed E-state index contributed by atoms with van der Waals surface area (Å²) in [5.41, 5.74) is 1.46. The van der Waals surface area contributed by atoms with E-state index in [1.54, 1.807) is 35.1 Å². The van der Waals surface area contributed by atoms with Crippen molar-refractivity contribution in [3.05, 3.63) is 36.3 Å². The van der Waals surface area contributed by atoms with E-state index in [9.17, 15) is 18.0 Å². The number of nitrogens with zero attached hydrogens (tertiary/aromatic N) is 6. The van der Waals surface area contributed by atoms with Crippen molar-refractivity contribution in [2.24, 2.45) is 12.0 Å². The normalized spacial score (nSPS) is 15.4. The molecule has 1 saturated heterocycles. The van der Waals surface area contributed by atoms with Gasteiger partial charge in [0.05, 0.1) is 18.4 Å². The van der Waals surface area contributed by atoms with E-state index >= 15 is 0 Å². The topological polar surface area (TPSA) is 87.9 Å². The lowest BCUT2D eigenvalue weighted by atomic mass is 10.3. The molecular formula is C19H24F3N7O2. The third-order valence-corrected chi connectivity index (χ3v) is 4.45. The zero-order chi connectivity index (χ0) is 22.4. The molecule has 0 radical (unpaired) electrons. The molecule has 2 aromatic rings. The number of aryl methyl sites for hydroxylation is 1. The average molecular weight is 439 g/mol. The minimum Gasteiger partial charge on any atom is -0.468 e. The van der Waals surface area contributed by atoms with Crippen molar-refractivity contribution in [3.8, 4) is 5.88 Å². The number of ether oxygens (including phenoxy) is 1. The predicted octanol–water partition coefficient (Wildman–Crippen LogP) is 1.57. The highest BCUT2D eigenvalue weighted by Gasteiger charge is 2.29. The Labute approximate surface area is 177 Å². The van der Waals surface area contributed by atoms with Crippen LogP contribution in [0.1, 0.15) is 12.5 Å². The zero-order valence-corrected chi connectivity index (χ0v) is 17.3. The molecule has 3 rings (SSSR count). The fourth-order valence-electron chi connectivity index (χ4n) is 3.01. The third kappa shape index (κ3) is 6.33. The maximum absolute atomic E-state index is 12.6. The first-order valence-corrected chi connectivity index (χ1v) is 9.72. The number of nitrogens with one attached hydrogen (secondary N) is 1. The van der Waals surface area contributed by atoms with Gasteiger partial charge < -0.3 is 19.9 Å². The Bertz CT molecular complexity index is 912. The van der Waals surface area contributed by atoms with Gasteiger partial charge >= 0.3 is 6.18 Å². The van der Waals surface area contributed by atoms with E-state index in [1.165, 1.54) is 12.3 Å². The number of carbonyl (C=O) groups excluding carboxylic acids is 1. The van der Waals surface area contributed by atoms with E-state index < -0.39 is 12.8 Å². The molecule has 0 aliphatic carbocycles. The fourth-order valence-corrected chi connectivity index (χ4v) is 3.01. The first kappa shape index (κ1) is 22.4. The first-order valence-electron chi connectivity index (χ1n) is 9.72. The number of piperazine rings is 1. The maximum atomic E-state index is 12.6. The van der Waals surface area contributed by atoms with Gasteiger partial charge in [-0.3, -0.25) is 9.48 Å². The summed E-state index contributed by atoms with van der Waals surface area (Å²) in [7, 11) is 1.80. The Hall–Kier alpha value is -3.31. The molecule has 1 aliphatic rings. The van der Waals surface area contributed by atoms with E-state index in [0.29, 0.717) is 31.2 Å². The van der Waals surface area contributed by atoms with Gasteiger partial charge in [-0.2, -0.15) is 18.3 Å². The molecule has 0 spiro atoms. The second-order valence-corrected chi connectivity index (χ2v) is 6.92. The molecule has 9 nitrogen and oxygen atoms in total. The van der Waals surface area contributed by atoms with Crippen LogP contribution in [-0.4, -0.2) is 70.5 Å². The Morgan fingerprint density at radius 2 is 2.10 bits per heavy atom. The number of pyridine rings is 1. The summed E-state index contributed by atoms with van der Waals surface area (Å²) in [6.45, 7) is 2.68. The number of hydrogen-bond acceptors (Lipinski definition) is 5. The van der Waals surface area contributed by atoms with Crippen LogP contribution in [0.15, 0.2) is 35.7 Å². The number of carbonyl (C=O) groups is 1. The van der Waals surface area contributed by atoms with Gasteiger partial charge in [-0.1, -0.05) is 6.07 Å². The monoisotopic (exact) mass is 439 g/mol. The average Bonchev–Trinajstić information content (AvgIpc) is 3.15. The Balaban J connectivity index is 1.60. The third-order valence-electron chi connectivity index (χ3n) is 4.45. The van der Waals surface area contributed by atoms with Gasteiger partial charge in [0.2, 0.25) is 11.8 Å². The number of amides is 1. The van der Waals surface area contributed by atoms with Crippen molar-refractivity contribution < 1.29 is 22.7 Å². The molecule has 31 heavy (non-hydrogen) atoms. The molecule has 2 aromatic heterocycles. The number of aromatic nitrogens is 3. The van der Waals surface area contributed by atoms with Crippen LogP contribution in [0.5, 0.6) is 5.88 Å². The van der Waals surface area contributed by atoms with Gasteiger partial charge in [0, 0.05) is 45.1 Å².